The summed E-state index contributed by atoms with van der Waals surface area (Å²) in [6.45, 7) is 3.12. The molecule has 2 rings (SSSR count). The number of nitrogens with zero attached hydrogens (tertiary/aromatic N) is 1. The van der Waals surface area contributed by atoms with Gasteiger partial charge in [-0.05, 0) is 37.7 Å². The van der Waals surface area contributed by atoms with Crippen LogP contribution in [0.1, 0.15) is 21.5 Å². The molecule has 0 saturated heterocycles. The summed E-state index contributed by atoms with van der Waals surface area (Å²) in [5.74, 6) is 0.981. The molecule has 0 saturated carbocycles. The summed E-state index contributed by atoms with van der Waals surface area (Å²) in [5.41, 5.74) is 3.01. The fraction of sp³-hybridized carbons (Fsp3) is 0.278. The molecule has 0 spiro atoms. The molecule has 0 unspecified atom stereocenters. The van der Waals surface area contributed by atoms with Gasteiger partial charge in [-0.2, -0.15) is 0 Å². The number of likely N-dealkylation sites (N-methyl/N-ethyl adjacent to an activating group) is 1. The minimum absolute atomic E-state index is 0.143. The molecule has 3 nitrogen and oxygen atoms in total. The van der Waals surface area contributed by atoms with Crippen LogP contribution in [0.25, 0.3) is 0 Å². The first-order valence-corrected chi connectivity index (χ1v) is 7.00. The first kappa shape index (κ1) is 15.3. The van der Waals surface area contributed by atoms with Gasteiger partial charge in [0.15, 0.2) is 5.78 Å². The molecule has 0 aliphatic heterocycles. The first-order chi connectivity index (χ1) is 10.1. The monoisotopic (exact) mass is 283 g/mol. The van der Waals surface area contributed by atoms with Gasteiger partial charge in [0, 0.05) is 12.1 Å². The predicted molar refractivity (Wildman–Crippen MR) is 84.8 cm³/mol. The maximum absolute atomic E-state index is 12.3. The summed E-state index contributed by atoms with van der Waals surface area (Å²) in [6.07, 6.45) is 0. The molecule has 0 atom stereocenters. The third kappa shape index (κ3) is 4.43. The molecule has 0 aliphatic carbocycles. The van der Waals surface area contributed by atoms with Gasteiger partial charge >= 0.3 is 0 Å². The van der Waals surface area contributed by atoms with Crippen LogP contribution in [-0.4, -0.2) is 31.4 Å². The summed E-state index contributed by atoms with van der Waals surface area (Å²) < 4.78 is 5.21. The number of hydrogen-bond acceptors (Lipinski definition) is 3. The maximum Gasteiger partial charge on any atom is 0.176 e. The van der Waals surface area contributed by atoms with Gasteiger partial charge < -0.3 is 4.74 Å². The smallest absolute Gasteiger partial charge is 0.176 e. The molecule has 0 aromatic heterocycles. The van der Waals surface area contributed by atoms with Crippen LogP contribution in [0.15, 0.2) is 48.5 Å². The highest BCUT2D eigenvalue weighted by Gasteiger charge is 2.10. The van der Waals surface area contributed by atoms with Gasteiger partial charge in [0.2, 0.25) is 0 Å². The Morgan fingerprint density at radius 3 is 2.62 bits per heavy atom. The van der Waals surface area contributed by atoms with Crippen molar-refractivity contribution in [2.45, 2.75) is 13.5 Å². The van der Waals surface area contributed by atoms with Crippen molar-refractivity contribution >= 4 is 5.78 Å². The molecule has 0 bridgehead atoms. The van der Waals surface area contributed by atoms with Crippen LogP contribution < -0.4 is 4.74 Å². The average molecular weight is 283 g/mol. The molecule has 21 heavy (non-hydrogen) atoms. The molecule has 0 amide bonds. The third-order valence-corrected chi connectivity index (χ3v) is 3.34. The lowest BCUT2D eigenvalue weighted by molar-refractivity contribution is 0.0943. The van der Waals surface area contributed by atoms with Gasteiger partial charge in [-0.1, -0.05) is 35.9 Å². The lowest BCUT2D eigenvalue weighted by atomic mass is 10.1. The molecular formula is C18H21NO2. The fourth-order valence-corrected chi connectivity index (χ4v) is 2.29. The van der Waals surface area contributed by atoms with E-state index >= 15 is 0 Å². The summed E-state index contributed by atoms with van der Waals surface area (Å²) in [5, 5.41) is 0. The highest BCUT2D eigenvalue weighted by Crippen LogP contribution is 2.14. The van der Waals surface area contributed by atoms with E-state index in [1.54, 1.807) is 7.11 Å². The van der Waals surface area contributed by atoms with Crippen molar-refractivity contribution in [3.05, 3.63) is 65.2 Å². The quantitative estimate of drug-likeness (QED) is 0.762. The van der Waals surface area contributed by atoms with Crippen LogP contribution in [0.3, 0.4) is 0 Å². The fourth-order valence-electron chi connectivity index (χ4n) is 2.29. The third-order valence-electron chi connectivity index (χ3n) is 3.34. The van der Waals surface area contributed by atoms with E-state index in [-0.39, 0.29) is 5.78 Å². The first-order valence-electron chi connectivity index (χ1n) is 7.00. The Balaban J connectivity index is 1.97. The van der Waals surface area contributed by atoms with Crippen molar-refractivity contribution in [1.29, 1.82) is 0 Å². The molecule has 0 radical (unpaired) electrons. The standard InChI is InChI=1S/C18H21NO2/c1-14-6-4-8-16(10-14)18(20)13-19(2)12-15-7-5-9-17(11-15)21-3/h4-11H,12-13H2,1-3H3. The number of methoxy groups -OCH3 is 1. The van der Waals surface area contributed by atoms with Crippen LogP contribution in [-0.2, 0) is 6.54 Å². The molecule has 2 aromatic carbocycles. The number of carbonyl (C=O) groups excluding carboxylic acids is 1. The van der Waals surface area contributed by atoms with E-state index in [0.29, 0.717) is 6.54 Å². The number of ketones is 1. The molecule has 0 aliphatic rings. The Hall–Kier alpha value is -2.13. The zero-order valence-electron chi connectivity index (χ0n) is 12.8. The van der Waals surface area contributed by atoms with Gasteiger partial charge in [-0.25, -0.2) is 0 Å². The van der Waals surface area contributed by atoms with Gasteiger partial charge in [0.25, 0.3) is 0 Å². The number of carbonyl (C=O) groups is 1. The second-order valence-electron chi connectivity index (χ2n) is 5.32. The average Bonchev–Trinajstić information content (AvgIpc) is 2.47. The number of rotatable bonds is 6. The lowest BCUT2D eigenvalue weighted by Crippen LogP contribution is -2.25. The van der Waals surface area contributed by atoms with Gasteiger partial charge in [0.1, 0.15) is 5.75 Å². The number of hydrogen-bond donors (Lipinski definition) is 0. The van der Waals surface area contributed by atoms with Crippen molar-refractivity contribution in [2.75, 3.05) is 20.7 Å². The molecule has 0 heterocycles. The summed E-state index contributed by atoms with van der Waals surface area (Å²) in [4.78, 5) is 14.3. The van der Waals surface area contributed by atoms with Crippen LogP contribution in [0, 0.1) is 6.92 Å². The van der Waals surface area contributed by atoms with E-state index in [1.807, 2.05) is 67.4 Å². The Kier molecular flexibility index (Phi) is 5.12. The normalized spacial score (nSPS) is 10.7. The number of aryl methyl sites for hydroxylation is 1. The largest absolute Gasteiger partial charge is 0.497 e. The zero-order valence-corrected chi connectivity index (χ0v) is 12.8. The number of benzene rings is 2. The predicted octanol–water partition coefficient (Wildman–Crippen LogP) is 3.32. The van der Waals surface area contributed by atoms with Crippen LogP contribution in [0.4, 0.5) is 0 Å². The van der Waals surface area contributed by atoms with Crippen LogP contribution in [0.5, 0.6) is 5.75 Å². The summed E-state index contributed by atoms with van der Waals surface area (Å²) in [7, 11) is 3.61. The maximum atomic E-state index is 12.3. The van der Waals surface area contributed by atoms with Gasteiger partial charge in [-0.3, -0.25) is 9.69 Å². The van der Waals surface area contributed by atoms with Crippen LogP contribution >= 0.6 is 0 Å². The number of ether oxygens (including phenoxy) is 1. The Morgan fingerprint density at radius 2 is 1.90 bits per heavy atom. The van der Waals surface area contributed by atoms with E-state index < -0.39 is 0 Å². The SMILES string of the molecule is COc1cccc(CN(C)CC(=O)c2cccc(C)c2)c1. The molecule has 0 N–H and O–H groups in total. The second kappa shape index (κ2) is 7.04. The lowest BCUT2D eigenvalue weighted by Gasteiger charge is -2.16. The molecular weight excluding hydrogens is 262 g/mol. The minimum atomic E-state index is 0.143. The highest BCUT2D eigenvalue weighted by molar-refractivity contribution is 5.97. The van der Waals surface area contributed by atoms with E-state index in [4.69, 9.17) is 4.74 Å². The minimum Gasteiger partial charge on any atom is -0.497 e. The second-order valence-corrected chi connectivity index (χ2v) is 5.32. The van der Waals surface area contributed by atoms with E-state index in [1.165, 1.54) is 0 Å². The van der Waals surface area contributed by atoms with Crippen molar-refractivity contribution in [3.8, 4) is 5.75 Å². The Bertz CT molecular complexity index is 622. The van der Waals surface area contributed by atoms with Crippen molar-refractivity contribution in [3.63, 3.8) is 0 Å². The van der Waals surface area contributed by atoms with E-state index in [9.17, 15) is 4.79 Å². The topological polar surface area (TPSA) is 29.5 Å². The summed E-state index contributed by atoms with van der Waals surface area (Å²) >= 11 is 0. The Morgan fingerprint density at radius 1 is 1.14 bits per heavy atom. The number of Topliss-reactive ketones (excluding diaryl/α,β-unsaturated/α-hetero) is 1. The van der Waals surface area contributed by atoms with E-state index in [0.717, 1.165) is 29.0 Å². The Labute approximate surface area is 126 Å². The summed E-state index contributed by atoms with van der Waals surface area (Å²) in [6, 6.07) is 15.6. The van der Waals surface area contributed by atoms with Crippen molar-refractivity contribution in [2.24, 2.45) is 0 Å². The molecule has 0 fully saturated rings. The molecule has 110 valence electrons. The van der Waals surface area contributed by atoms with Crippen molar-refractivity contribution in [1.82, 2.24) is 4.90 Å². The van der Waals surface area contributed by atoms with Gasteiger partial charge in [-0.15, -0.1) is 0 Å². The highest BCUT2D eigenvalue weighted by atomic mass is 16.5. The van der Waals surface area contributed by atoms with E-state index in [2.05, 4.69) is 0 Å². The molecule has 2 aromatic rings. The van der Waals surface area contributed by atoms with Gasteiger partial charge in [0.05, 0.1) is 13.7 Å². The van der Waals surface area contributed by atoms with Crippen molar-refractivity contribution < 1.29 is 9.53 Å². The zero-order chi connectivity index (χ0) is 15.2. The molecule has 3 heteroatoms. The van der Waals surface area contributed by atoms with Crippen LogP contribution in [0.2, 0.25) is 0 Å².